The molecule has 43 heavy (non-hydrogen) atoms. The van der Waals surface area contributed by atoms with Crippen molar-refractivity contribution in [2.75, 3.05) is 13.1 Å². The fourth-order valence-corrected chi connectivity index (χ4v) is 5.47. The largest absolute Gasteiger partial charge is 1.00 e. The number of fused-ring (bicyclic) bond motifs is 1. The second kappa shape index (κ2) is 15.9. The summed E-state index contributed by atoms with van der Waals surface area (Å²) in [5, 5.41) is 34.3. The van der Waals surface area contributed by atoms with Crippen molar-refractivity contribution in [2.45, 2.75) is 84.7 Å². The van der Waals surface area contributed by atoms with E-state index >= 15 is 0 Å². The third kappa shape index (κ3) is 10.5. The van der Waals surface area contributed by atoms with E-state index in [-0.39, 0.29) is 53.2 Å². The number of carbonyl (C=O) groups is 2. The van der Waals surface area contributed by atoms with Gasteiger partial charge in [-0.05, 0) is 63.9 Å². The van der Waals surface area contributed by atoms with Crippen molar-refractivity contribution in [3.8, 4) is 0 Å². The summed E-state index contributed by atoms with van der Waals surface area (Å²) in [5.41, 5.74) is 3.10. The first-order chi connectivity index (χ1) is 20.0. The molecule has 0 saturated carbocycles. The molecule has 10 nitrogen and oxygen atoms in total. The summed E-state index contributed by atoms with van der Waals surface area (Å²) in [5.74, 6) is -1.05. The quantitative estimate of drug-likeness (QED) is 0.264. The van der Waals surface area contributed by atoms with Gasteiger partial charge < -0.3 is 19.9 Å². The fraction of sp³-hybridized carbons (Fsp3) is 0.516. The number of nitrogens with zero attached hydrogens (tertiary/aromatic N) is 6. The smallest absolute Gasteiger partial charge is 0.550 e. The number of aromatic nitrogens is 4. The van der Waals surface area contributed by atoms with Crippen molar-refractivity contribution < 1.29 is 53.7 Å². The molecule has 1 aliphatic heterocycles. The number of hydrogen-bond donors (Lipinski definition) is 1. The van der Waals surface area contributed by atoms with Crippen LogP contribution in [0.1, 0.15) is 75.0 Å². The number of tetrazole rings is 1. The van der Waals surface area contributed by atoms with Gasteiger partial charge >= 0.3 is 29.6 Å². The molecular formula is C31H40FN6NaO4. The predicted molar refractivity (Wildman–Crippen MR) is 152 cm³/mol. The maximum Gasteiger partial charge on any atom is 1.00 e. The molecule has 3 aromatic rings. The van der Waals surface area contributed by atoms with Gasteiger partial charge in [0.1, 0.15) is 5.82 Å². The zero-order chi connectivity index (χ0) is 30.3. The SMILES string of the molecule is CC(C)(C)CC(c1nnnn1CCCC(=O)N1CCc2ccccc2C1)N(Cc1ccc(F)cc1)CC(O)CC(=O)[O-].[Na+]. The molecule has 12 heteroatoms. The zero-order valence-corrected chi connectivity index (χ0v) is 27.6. The second-order valence-corrected chi connectivity index (χ2v) is 12.3. The summed E-state index contributed by atoms with van der Waals surface area (Å²) in [6.45, 7) is 8.31. The van der Waals surface area contributed by atoms with Gasteiger partial charge in [-0.2, -0.15) is 0 Å². The van der Waals surface area contributed by atoms with Gasteiger partial charge in [0, 0.05) is 51.5 Å². The molecule has 0 saturated heterocycles. The van der Waals surface area contributed by atoms with Gasteiger partial charge in [0.15, 0.2) is 5.82 Å². The first kappa shape index (κ1) is 34.8. The summed E-state index contributed by atoms with van der Waals surface area (Å²) in [6, 6.07) is 13.9. The number of aliphatic hydroxyl groups excluding tert-OH is 1. The van der Waals surface area contributed by atoms with Crippen LogP contribution in [0.5, 0.6) is 0 Å². The monoisotopic (exact) mass is 602 g/mol. The fourth-order valence-electron chi connectivity index (χ4n) is 5.47. The molecule has 226 valence electrons. The molecule has 1 N–H and O–H groups in total. The van der Waals surface area contributed by atoms with Crippen LogP contribution in [0.2, 0.25) is 0 Å². The zero-order valence-electron chi connectivity index (χ0n) is 25.6. The number of rotatable bonds is 13. The van der Waals surface area contributed by atoms with Crippen molar-refractivity contribution in [3.05, 3.63) is 76.9 Å². The molecular weight excluding hydrogens is 562 g/mol. The maximum absolute atomic E-state index is 13.6. The van der Waals surface area contributed by atoms with Crippen LogP contribution in [0, 0.1) is 11.2 Å². The Labute approximate surface area is 274 Å². The average Bonchev–Trinajstić information content (AvgIpc) is 3.39. The third-order valence-corrected chi connectivity index (χ3v) is 7.49. The number of aryl methyl sites for hydroxylation is 1. The minimum atomic E-state index is -1.34. The molecule has 0 bridgehead atoms. The molecule has 2 heterocycles. The molecule has 2 aromatic carbocycles. The van der Waals surface area contributed by atoms with Crippen molar-refractivity contribution in [2.24, 2.45) is 5.41 Å². The van der Waals surface area contributed by atoms with Gasteiger partial charge in [-0.3, -0.25) is 9.69 Å². The number of aliphatic hydroxyl groups is 1. The summed E-state index contributed by atoms with van der Waals surface area (Å²) in [6.07, 6.45) is 0.641. The van der Waals surface area contributed by atoms with Crippen LogP contribution in [-0.2, 0) is 35.6 Å². The van der Waals surface area contributed by atoms with Crippen LogP contribution in [-0.4, -0.2) is 66.2 Å². The maximum atomic E-state index is 13.6. The van der Waals surface area contributed by atoms with Crippen LogP contribution in [0.25, 0.3) is 0 Å². The number of carboxylic acids is 1. The number of carboxylic acid groups (broad SMARTS) is 1. The van der Waals surface area contributed by atoms with E-state index in [4.69, 9.17) is 0 Å². The van der Waals surface area contributed by atoms with E-state index in [9.17, 15) is 24.2 Å². The van der Waals surface area contributed by atoms with Crippen LogP contribution in [0.4, 0.5) is 4.39 Å². The predicted octanol–water partition coefficient (Wildman–Crippen LogP) is -0.338. The molecule has 1 amide bonds. The first-order valence-corrected chi connectivity index (χ1v) is 14.5. The minimum absolute atomic E-state index is 0. The number of hydrogen-bond acceptors (Lipinski definition) is 8. The van der Waals surface area contributed by atoms with Crippen LogP contribution in [0.15, 0.2) is 48.5 Å². The standard InChI is InChI=1S/C31H41FN6O4.Na/c1-31(2,3)18-27(37(21-26(39)17-29(41)42)19-22-10-12-25(32)13-11-22)30-33-34-35-38(30)15-6-9-28(40)36-16-14-23-7-4-5-8-24(23)20-36;/h4-5,7-8,10-13,26-27,39H,6,9,14-21H2,1-3H3,(H,41,42);/q;+1/p-1. The summed E-state index contributed by atoms with van der Waals surface area (Å²) < 4.78 is 15.3. The number of halogens is 1. The molecule has 0 spiro atoms. The Morgan fingerprint density at radius 3 is 2.49 bits per heavy atom. The molecule has 0 fully saturated rings. The minimum Gasteiger partial charge on any atom is -0.550 e. The Kier molecular flexibility index (Phi) is 12.8. The van der Waals surface area contributed by atoms with Gasteiger partial charge in [0.2, 0.25) is 5.91 Å². The topological polar surface area (TPSA) is 128 Å². The van der Waals surface area contributed by atoms with Crippen LogP contribution in [0.3, 0.4) is 0 Å². The normalized spacial score (nSPS) is 14.6. The number of carbonyl (C=O) groups excluding carboxylic acids is 2. The number of amides is 1. The van der Waals surface area contributed by atoms with Gasteiger partial charge in [0.05, 0.1) is 12.1 Å². The summed E-state index contributed by atoms with van der Waals surface area (Å²) in [7, 11) is 0. The van der Waals surface area contributed by atoms with E-state index in [2.05, 4.69) is 48.4 Å². The Morgan fingerprint density at radius 1 is 1.12 bits per heavy atom. The average molecular weight is 603 g/mol. The molecule has 4 rings (SSSR count). The van der Waals surface area contributed by atoms with Crippen LogP contribution < -0.4 is 34.7 Å². The van der Waals surface area contributed by atoms with Crippen molar-refractivity contribution in [3.63, 3.8) is 0 Å². The van der Waals surface area contributed by atoms with Crippen molar-refractivity contribution >= 4 is 11.9 Å². The Hall–Kier alpha value is -2.70. The van der Waals surface area contributed by atoms with Crippen molar-refractivity contribution in [1.29, 1.82) is 0 Å². The van der Waals surface area contributed by atoms with Gasteiger partial charge in [-0.25, -0.2) is 9.07 Å². The van der Waals surface area contributed by atoms with Crippen LogP contribution >= 0.6 is 0 Å². The van der Waals surface area contributed by atoms with E-state index in [1.54, 1.807) is 16.8 Å². The van der Waals surface area contributed by atoms with E-state index in [1.165, 1.54) is 23.3 Å². The van der Waals surface area contributed by atoms with E-state index < -0.39 is 24.5 Å². The summed E-state index contributed by atoms with van der Waals surface area (Å²) >= 11 is 0. The summed E-state index contributed by atoms with van der Waals surface area (Å²) in [4.78, 5) is 28.1. The van der Waals surface area contributed by atoms with Crippen molar-refractivity contribution in [1.82, 2.24) is 30.0 Å². The Morgan fingerprint density at radius 2 is 1.81 bits per heavy atom. The number of aliphatic carboxylic acids is 1. The molecule has 2 unspecified atom stereocenters. The van der Waals surface area contributed by atoms with Gasteiger partial charge in [-0.15, -0.1) is 5.10 Å². The van der Waals surface area contributed by atoms with E-state index in [0.717, 1.165) is 12.0 Å². The van der Waals surface area contributed by atoms with E-state index in [1.807, 2.05) is 21.9 Å². The molecule has 0 radical (unpaired) electrons. The van der Waals surface area contributed by atoms with Gasteiger partial charge in [-0.1, -0.05) is 57.2 Å². The first-order valence-electron chi connectivity index (χ1n) is 14.5. The third-order valence-electron chi connectivity index (χ3n) is 7.49. The molecule has 2 atom stereocenters. The molecule has 1 aromatic heterocycles. The Balaban J connectivity index is 0.00000506. The number of benzene rings is 2. The van der Waals surface area contributed by atoms with Gasteiger partial charge in [0.25, 0.3) is 0 Å². The second-order valence-electron chi connectivity index (χ2n) is 12.3. The Bertz CT molecular complexity index is 1350. The molecule has 1 aliphatic rings. The van der Waals surface area contributed by atoms with E-state index in [0.29, 0.717) is 51.3 Å². The molecule has 0 aliphatic carbocycles.